The van der Waals surface area contributed by atoms with Crippen molar-refractivity contribution in [1.82, 2.24) is 0 Å². The number of hydrogen-bond donors (Lipinski definition) is 0. The van der Waals surface area contributed by atoms with Crippen LogP contribution in [0.15, 0.2) is 43.0 Å². The Kier molecular flexibility index (Phi) is 4.88. The summed E-state index contributed by atoms with van der Waals surface area (Å²) in [5.74, 6) is -0.309. The molecule has 3 atom stereocenters. The van der Waals surface area contributed by atoms with Crippen LogP contribution in [0.5, 0.6) is 0 Å². The molecule has 0 aromatic heterocycles. The average molecular weight is 342 g/mol. The molecule has 25 heavy (non-hydrogen) atoms. The van der Waals surface area contributed by atoms with E-state index in [-0.39, 0.29) is 24.0 Å². The Labute approximate surface area is 147 Å². The molecule has 0 radical (unpaired) electrons. The normalized spacial score (nSPS) is 28.3. The van der Waals surface area contributed by atoms with Crippen molar-refractivity contribution < 1.29 is 23.8 Å². The lowest BCUT2D eigenvalue weighted by molar-refractivity contribution is -0.196. The third-order valence-electron chi connectivity index (χ3n) is 4.66. The van der Waals surface area contributed by atoms with E-state index >= 15 is 0 Å². The number of ether oxygens (including phenoxy) is 3. The Morgan fingerprint density at radius 3 is 2.68 bits per heavy atom. The maximum Gasteiger partial charge on any atom is 0.338 e. The first-order valence-corrected chi connectivity index (χ1v) is 8.41. The molecule has 1 aliphatic carbocycles. The fourth-order valence-electron chi connectivity index (χ4n) is 3.04. The number of fused-ring (bicyclic) bond motifs is 1. The Balaban J connectivity index is 1.71. The number of benzene rings is 1. The van der Waals surface area contributed by atoms with Crippen LogP contribution in [-0.4, -0.2) is 42.8 Å². The average Bonchev–Trinajstić information content (AvgIpc) is 2.61. The van der Waals surface area contributed by atoms with Crippen molar-refractivity contribution in [2.45, 2.75) is 38.1 Å². The Morgan fingerprint density at radius 2 is 2.00 bits per heavy atom. The number of rotatable bonds is 4. The van der Waals surface area contributed by atoms with Gasteiger partial charge < -0.3 is 14.2 Å². The van der Waals surface area contributed by atoms with E-state index in [0.717, 1.165) is 11.1 Å². The highest BCUT2D eigenvalue weighted by Gasteiger charge is 2.44. The summed E-state index contributed by atoms with van der Waals surface area (Å²) in [7, 11) is 0. The summed E-state index contributed by atoms with van der Waals surface area (Å²) in [6, 6.07) is 7.05. The molecular formula is C20H22O5. The van der Waals surface area contributed by atoms with Crippen molar-refractivity contribution in [1.29, 1.82) is 0 Å². The largest absolute Gasteiger partial charge is 0.462 e. The van der Waals surface area contributed by atoms with Crippen molar-refractivity contribution in [3.05, 3.63) is 54.1 Å². The highest BCUT2D eigenvalue weighted by atomic mass is 16.6. The fraction of sp³-hybridized carbons (Fsp3) is 0.400. The molecule has 0 unspecified atom stereocenters. The molecule has 0 saturated carbocycles. The van der Waals surface area contributed by atoms with Gasteiger partial charge in [0.25, 0.3) is 0 Å². The van der Waals surface area contributed by atoms with Crippen LogP contribution in [0, 0.1) is 0 Å². The van der Waals surface area contributed by atoms with Crippen molar-refractivity contribution in [3.63, 3.8) is 0 Å². The first kappa shape index (κ1) is 17.6. The maximum atomic E-state index is 11.7. The molecule has 5 nitrogen and oxygen atoms in total. The monoisotopic (exact) mass is 342 g/mol. The maximum absolute atomic E-state index is 11.7. The van der Waals surface area contributed by atoms with Crippen LogP contribution >= 0.6 is 0 Å². The number of allylic oxidation sites excluding steroid dienone is 1. The molecular weight excluding hydrogens is 320 g/mol. The van der Waals surface area contributed by atoms with Crippen LogP contribution in [0.3, 0.4) is 0 Å². The van der Waals surface area contributed by atoms with E-state index in [4.69, 9.17) is 14.2 Å². The van der Waals surface area contributed by atoms with Gasteiger partial charge in [0.1, 0.15) is 11.7 Å². The minimum Gasteiger partial charge on any atom is -0.462 e. The molecule has 1 aromatic rings. The second kappa shape index (κ2) is 6.94. The van der Waals surface area contributed by atoms with Gasteiger partial charge in [0.2, 0.25) is 0 Å². The highest BCUT2D eigenvalue weighted by Crippen LogP contribution is 2.35. The number of ketones is 1. The van der Waals surface area contributed by atoms with Crippen LogP contribution in [0.4, 0.5) is 0 Å². The van der Waals surface area contributed by atoms with Gasteiger partial charge in [-0.05, 0) is 49.3 Å². The van der Waals surface area contributed by atoms with Gasteiger partial charge in [-0.1, -0.05) is 18.7 Å². The molecule has 3 rings (SSSR count). The zero-order valence-electron chi connectivity index (χ0n) is 14.5. The quantitative estimate of drug-likeness (QED) is 0.787. The molecule has 0 amide bonds. The summed E-state index contributed by atoms with van der Waals surface area (Å²) in [5, 5.41) is 0. The summed E-state index contributed by atoms with van der Waals surface area (Å²) in [5.41, 5.74) is 1.55. The van der Waals surface area contributed by atoms with Crippen molar-refractivity contribution in [2.24, 2.45) is 0 Å². The molecule has 1 fully saturated rings. The van der Waals surface area contributed by atoms with Gasteiger partial charge in [0.05, 0.1) is 24.9 Å². The summed E-state index contributed by atoms with van der Waals surface area (Å²) in [6.45, 7) is 8.52. The van der Waals surface area contributed by atoms with E-state index in [0.29, 0.717) is 25.2 Å². The highest BCUT2D eigenvalue weighted by molar-refractivity contribution is 5.91. The SMILES string of the molecule is C=C(c1ccc(C(=O)OCC)cc1)[C@H]1CO[C@@]2(C)C=CC(=O)C[C@H]2O1. The molecule has 1 aromatic carbocycles. The Hall–Kier alpha value is -2.24. The molecule has 0 bridgehead atoms. The Morgan fingerprint density at radius 1 is 1.32 bits per heavy atom. The zero-order valence-corrected chi connectivity index (χ0v) is 14.5. The van der Waals surface area contributed by atoms with Gasteiger partial charge in [0.15, 0.2) is 5.78 Å². The second-order valence-electron chi connectivity index (χ2n) is 6.44. The van der Waals surface area contributed by atoms with Gasteiger partial charge in [-0.25, -0.2) is 4.79 Å². The van der Waals surface area contributed by atoms with E-state index < -0.39 is 5.60 Å². The lowest BCUT2D eigenvalue weighted by Crippen LogP contribution is -2.53. The minimum atomic E-state index is -0.571. The second-order valence-corrected chi connectivity index (χ2v) is 6.44. The Bertz CT molecular complexity index is 718. The van der Waals surface area contributed by atoms with E-state index in [1.54, 1.807) is 31.2 Å². The summed E-state index contributed by atoms with van der Waals surface area (Å²) >= 11 is 0. The third-order valence-corrected chi connectivity index (χ3v) is 4.66. The molecule has 0 spiro atoms. The number of carbonyl (C=O) groups excluding carboxylic acids is 2. The number of hydrogen-bond acceptors (Lipinski definition) is 5. The first-order valence-electron chi connectivity index (χ1n) is 8.41. The van der Waals surface area contributed by atoms with Crippen LogP contribution in [0.1, 0.15) is 36.2 Å². The predicted octanol–water partition coefficient (Wildman–Crippen LogP) is 2.95. The van der Waals surface area contributed by atoms with E-state index in [1.807, 2.05) is 19.1 Å². The van der Waals surface area contributed by atoms with Gasteiger partial charge in [0, 0.05) is 6.42 Å². The van der Waals surface area contributed by atoms with Gasteiger partial charge in [-0.2, -0.15) is 0 Å². The molecule has 2 aliphatic rings. The van der Waals surface area contributed by atoms with Crippen molar-refractivity contribution in [2.75, 3.05) is 13.2 Å². The molecule has 1 heterocycles. The van der Waals surface area contributed by atoms with Crippen LogP contribution in [-0.2, 0) is 19.0 Å². The third kappa shape index (κ3) is 3.57. The van der Waals surface area contributed by atoms with E-state index in [2.05, 4.69) is 6.58 Å². The van der Waals surface area contributed by atoms with Gasteiger partial charge in [-0.3, -0.25) is 4.79 Å². The van der Waals surface area contributed by atoms with Crippen LogP contribution in [0.25, 0.3) is 5.57 Å². The lowest BCUT2D eigenvalue weighted by atomic mass is 9.87. The number of esters is 1. The summed E-state index contributed by atoms with van der Waals surface area (Å²) in [6.07, 6.45) is 2.99. The summed E-state index contributed by atoms with van der Waals surface area (Å²) < 4.78 is 17.1. The first-order chi connectivity index (χ1) is 11.9. The van der Waals surface area contributed by atoms with E-state index in [9.17, 15) is 9.59 Å². The lowest BCUT2D eigenvalue weighted by Gasteiger charge is -2.44. The van der Waals surface area contributed by atoms with Crippen LogP contribution in [0.2, 0.25) is 0 Å². The molecule has 1 saturated heterocycles. The molecule has 1 aliphatic heterocycles. The van der Waals surface area contributed by atoms with Gasteiger partial charge >= 0.3 is 5.97 Å². The fourth-order valence-corrected chi connectivity index (χ4v) is 3.04. The molecule has 0 N–H and O–H groups in total. The van der Waals surface area contributed by atoms with E-state index in [1.165, 1.54) is 0 Å². The minimum absolute atomic E-state index is 0.0381. The van der Waals surface area contributed by atoms with Crippen molar-refractivity contribution >= 4 is 17.3 Å². The van der Waals surface area contributed by atoms with Gasteiger partial charge in [-0.15, -0.1) is 0 Å². The molecule has 132 valence electrons. The van der Waals surface area contributed by atoms with Crippen LogP contribution < -0.4 is 0 Å². The topological polar surface area (TPSA) is 61.8 Å². The van der Waals surface area contributed by atoms with Crippen molar-refractivity contribution in [3.8, 4) is 0 Å². The summed E-state index contributed by atoms with van der Waals surface area (Å²) in [4.78, 5) is 23.4. The standard InChI is InChI=1S/C20H22O5/c1-4-23-19(22)15-7-5-14(6-8-15)13(2)17-12-24-20(3)10-9-16(21)11-18(20)25-17/h5-10,17-18H,2,4,11-12H2,1,3H3/t17-,18-,20+/m1/s1. The predicted molar refractivity (Wildman–Crippen MR) is 93.2 cm³/mol. The zero-order chi connectivity index (χ0) is 18.0. The molecule has 5 heteroatoms. The number of carbonyl (C=O) groups is 2. The smallest absolute Gasteiger partial charge is 0.338 e.